The van der Waals surface area contributed by atoms with Gasteiger partial charge in [-0.25, -0.2) is 0 Å². The molecule has 2 fully saturated rings. The van der Waals surface area contributed by atoms with E-state index in [1.807, 2.05) is 0 Å². The van der Waals surface area contributed by atoms with Gasteiger partial charge in [0.05, 0.1) is 6.10 Å². The average Bonchev–Trinajstić information content (AvgIpc) is 3.04. The molecular formula is C18H26N2O. The molecule has 4 unspecified atom stereocenters. The highest BCUT2D eigenvalue weighted by Crippen LogP contribution is 2.58. The van der Waals surface area contributed by atoms with Crippen molar-refractivity contribution in [2.75, 3.05) is 18.1 Å². The lowest BCUT2D eigenvalue weighted by Crippen LogP contribution is -2.78. The van der Waals surface area contributed by atoms with Gasteiger partial charge in [-0.1, -0.05) is 32.0 Å². The monoisotopic (exact) mass is 286 g/mol. The first kappa shape index (κ1) is 13.6. The summed E-state index contributed by atoms with van der Waals surface area (Å²) >= 11 is 0. The molecule has 3 aliphatic rings. The molecule has 21 heavy (non-hydrogen) atoms. The van der Waals surface area contributed by atoms with Gasteiger partial charge < -0.3 is 15.4 Å². The Morgan fingerprint density at radius 3 is 2.90 bits per heavy atom. The first-order chi connectivity index (χ1) is 9.95. The second kappa shape index (κ2) is 4.23. The Bertz CT molecular complexity index is 570. The van der Waals surface area contributed by atoms with E-state index in [4.69, 9.17) is 10.5 Å². The standard InChI is InChI=1S/C18H26N2O/c1-12-10-13-6-4-5-7-15(13)20(12)11-18(19)14-8-9-21-16(14)17(18,2)3/h4-7,12,14,16H,8-11,19H2,1-3H3. The van der Waals surface area contributed by atoms with Crippen LogP contribution in [0.3, 0.4) is 0 Å². The van der Waals surface area contributed by atoms with Crippen molar-refractivity contribution in [2.24, 2.45) is 17.1 Å². The molecule has 1 saturated heterocycles. The van der Waals surface area contributed by atoms with E-state index in [0.29, 0.717) is 18.1 Å². The molecule has 2 heterocycles. The van der Waals surface area contributed by atoms with Gasteiger partial charge in [0.15, 0.2) is 0 Å². The predicted octanol–water partition coefficient (Wildman–Crippen LogP) is 2.58. The summed E-state index contributed by atoms with van der Waals surface area (Å²) in [6.07, 6.45) is 2.61. The number of nitrogens with zero attached hydrogens (tertiary/aromatic N) is 1. The summed E-state index contributed by atoms with van der Waals surface area (Å²) in [5.41, 5.74) is 9.71. The number of fused-ring (bicyclic) bond motifs is 2. The van der Waals surface area contributed by atoms with Crippen LogP contribution in [0.25, 0.3) is 0 Å². The lowest BCUT2D eigenvalue weighted by atomic mass is 9.48. The first-order valence-corrected chi connectivity index (χ1v) is 8.20. The number of hydrogen-bond donors (Lipinski definition) is 1. The SMILES string of the molecule is CC1Cc2ccccc2N1CC1(N)C2CCOC2C1(C)C. The van der Waals surface area contributed by atoms with Crippen molar-refractivity contribution >= 4 is 5.69 Å². The summed E-state index contributed by atoms with van der Waals surface area (Å²) in [5, 5.41) is 0. The molecular weight excluding hydrogens is 260 g/mol. The largest absolute Gasteiger partial charge is 0.377 e. The summed E-state index contributed by atoms with van der Waals surface area (Å²) < 4.78 is 5.92. The van der Waals surface area contributed by atoms with E-state index in [1.165, 1.54) is 11.3 Å². The van der Waals surface area contributed by atoms with E-state index in [-0.39, 0.29) is 11.0 Å². The van der Waals surface area contributed by atoms with Crippen LogP contribution in [0.15, 0.2) is 24.3 Å². The van der Waals surface area contributed by atoms with Crippen molar-refractivity contribution in [3.63, 3.8) is 0 Å². The zero-order chi connectivity index (χ0) is 14.8. The van der Waals surface area contributed by atoms with Crippen molar-refractivity contribution < 1.29 is 4.74 Å². The Balaban J connectivity index is 1.64. The molecule has 0 spiro atoms. The van der Waals surface area contributed by atoms with E-state index in [9.17, 15) is 0 Å². The zero-order valence-corrected chi connectivity index (χ0v) is 13.3. The first-order valence-electron chi connectivity index (χ1n) is 8.20. The molecule has 0 radical (unpaired) electrons. The summed E-state index contributed by atoms with van der Waals surface area (Å²) in [6, 6.07) is 9.32. The third-order valence-electron chi connectivity index (χ3n) is 6.44. The van der Waals surface area contributed by atoms with Crippen molar-refractivity contribution in [1.29, 1.82) is 0 Å². The summed E-state index contributed by atoms with van der Waals surface area (Å²) in [6.45, 7) is 8.71. The Labute approximate surface area is 127 Å². The number of benzene rings is 1. The van der Waals surface area contributed by atoms with E-state index >= 15 is 0 Å². The Morgan fingerprint density at radius 2 is 2.10 bits per heavy atom. The quantitative estimate of drug-likeness (QED) is 0.908. The maximum absolute atomic E-state index is 6.94. The second-order valence-electron chi connectivity index (χ2n) is 7.76. The van der Waals surface area contributed by atoms with Gasteiger partial charge in [0.25, 0.3) is 0 Å². The topological polar surface area (TPSA) is 38.5 Å². The van der Waals surface area contributed by atoms with E-state index in [1.54, 1.807) is 0 Å². The Morgan fingerprint density at radius 1 is 1.33 bits per heavy atom. The molecule has 1 aromatic rings. The Hall–Kier alpha value is -1.06. The molecule has 0 aromatic heterocycles. The fourth-order valence-corrected chi connectivity index (χ4v) is 4.95. The fraction of sp³-hybridized carbons (Fsp3) is 0.667. The van der Waals surface area contributed by atoms with Gasteiger partial charge in [-0.2, -0.15) is 0 Å². The van der Waals surface area contributed by atoms with E-state index < -0.39 is 0 Å². The zero-order valence-electron chi connectivity index (χ0n) is 13.3. The van der Waals surface area contributed by atoms with Crippen LogP contribution in [0.1, 0.15) is 32.8 Å². The lowest BCUT2D eigenvalue weighted by molar-refractivity contribution is -0.151. The minimum Gasteiger partial charge on any atom is -0.377 e. The van der Waals surface area contributed by atoms with Crippen LogP contribution in [-0.2, 0) is 11.2 Å². The van der Waals surface area contributed by atoms with Crippen LogP contribution < -0.4 is 10.6 Å². The Kier molecular flexibility index (Phi) is 2.74. The van der Waals surface area contributed by atoms with Crippen molar-refractivity contribution in [3.8, 4) is 0 Å². The van der Waals surface area contributed by atoms with Crippen LogP contribution in [0.2, 0.25) is 0 Å². The van der Waals surface area contributed by atoms with Gasteiger partial charge in [-0.3, -0.25) is 0 Å². The number of anilines is 1. The molecule has 1 aromatic carbocycles. The molecule has 114 valence electrons. The second-order valence-corrected chi connectivity index (χ2v) is 7.76. The molecule has 3 heteroatoms. The number of nitrogens with two attached hydrogens (primary N) is 1. The normalized spacial score (nSPS) is 39.8. The number of hydrogen-bond acceptors (Lipinski definition) is 3. The van der Waals surface area contributed by atoms with E-state index in [2.05, 4.69) is 49.9 Å². The third-order valence-corrected chi connectivity index (χ3v) is 6.44. The molecule has 0 amide bonds. The van der Waals surface area contributed by atoms with Crippen LogP contribution in [-0.4, -0.2) is 30.8 Å². The van der Waals surface area contributed by atoms with Crippen molar-refractivity contribution in [3.05, 3.63) is 29.8 Å². The van der Waals surface area contributed by atoms with Crippen LogP contribution in [0, 0.1) is 11.3 Å². The minimum absolute atomic E-state index is 0.0609. The van der Waals surface area contributed by atoms with Crippen LogP contribution in [0.5, 0.6) is 0 Å². The maximum atomic E-state index is 6.94. The molecule has 1 aliphatic carbocycles. The highest BCUT2D eigenvalue weighted by molar-refractivity contribution is 5.60. The van der Waals surface area contributed by atoms with Gasteiger partial charge in [-0.05, 0) is 31.4 Å². The van der Waals surface area contributed by atoms with Crippen molar-refractivity contribution in [2.45, 2.75) is 51.3 Å². The van der Waals surface area contributed by atoms with Crippen LogP contribution >= 0.6 is 0 Å². The molecule has 1 saturated carbocycles. The number of rotatable bonds is 2. The summed E-state index contributed by atoms with van der Waals surface area (Å²) in [5.74, 6) is 0.521. The molecule has 3 nitrogen and oxygen atoms in total. The average molecular weight is 286 g/mol. The third kappa shape index (κ3) is 1.62. The molecule has 4 rings (SSSR count). The predicted molar refractivity (Wildman–Crippen MR) is 85.5 cm³/mol. The van der Waals surface area contributed by atoms with Crippen LogP contribution in [0.4, 0.5) is 5.69 Å². The smallest absolute Gasteiger partial charge is 0.0691 e. The maximum Gasteiger partial charge on any atom is 0.0691 e. The van der Waals surface area contributed by atoms with Gasteiger partial charge >= 0.3 is 0 Å². The van der Waals surface area contributed by atoms with Gasteiger partial charge in [0.2, 0.25) is 0 Å². The highest BCUT2D eigenvalue weighted by atomic mass is 16.5. The van der Waals surface area contributed by atoms with E-state index in [0.717, 1.165) is 26.0 Å². The number of ether oxygens (including phenoxy) is 1. The molecule has 0 bridgehead atoms. The summed E-state index contributed by atoms with van der Waals surface area (Å²) in [7, 11) is 0. The fourth-order valence-electron chi connectivity index (χ4n) is 4.95. The minimum atomic E-state index is -0.139. The molecule has 2 aliphatic heterocycles. The van der Waals surface area contributed by atoms with Gasteiger partial charge in [-0.15, -0.1) is 0 Å². The van der Waals surface area contributed by atoms with Gasteiger partial charge in [0, 0.05) is 41.8 Å². The van der Waals surface area contributed by atoms with Crippen molar-refractivity contribution in [1.82, 2.24) is 0 Å². The molecule has 2 N–H and O–H groups in total. The lowest BCUT2D eigenvalue weighted by Gasteiger charge is -2.63. The molecule has 4 atom stereocenters. The van der Waals surface area contributed by atoms with Gasteiger partial charge in [0.1, 0.15) is 0 Å². The number of para-hydroxylation sites is 1. The highest BCUT2D eigenvalue weighted by Gasteiger charge is 2.68. The summed E-state index contributed by atoms with van der Waals surface area (Å²) in [4.78, 5) is 2.53.